The standard InChI is InChI=1S/C17H17ClN2O5S/c18-12-3-5-13(6-4-12)25-16-14(20-7-1-2-8-20)9-11(17(21)22)10-15(16)26(19,23)24/h3-6,9-10H,1-2,7-8H2,(H,21,22)(H2,19,23,24). The topological polar surface area (TPSA) is 110 Å². The summed E-state index contributed by atoms with van der Waals surface area (Å²) < 4.78 is 30.0. The van der Waals surface area contributed by atoms with E-state index < -0.39 is 16.0 Å². The molecule has 0 unspecified atom stereocenters. The van der Waals surface area contributed by atoms with Crippen LogP contribution in [0.4, 0.5) is 5.69 Å². The van der Waals surface area contributed by atoms with Gasteiger partial charge in [0, 0.05) is 18.1 Å². The van der Waals surface area contributed by atoms with E-state index in [1.54, 1.807) is 24.3 Å². The summed E-state index contributed by atoms with van der Waals surface area (Å²) in [6.07, 6.45) is 1.84. The Bertz CT molecular complexity index is 938. The minimum absolute atomic E-state index is 0.0155. The molecule has 9 heteroatoms. The molecule has 0 aromatic heterocycles. The van der Waals surface area contributed by atoms with Crippen LogP contribution in [0.1, 0.15) is 23.2 Å². The molecule has 1 aliphatic rings. The maximum Gasteiger partial charge on any atom is 0.335 e. The van der Waals surface area contributed by atoms with Gasteiger partial charge in [-0.3, -0.25) is 0 Å². The first-order valence-electron chi connectivity index (χ1n) is 7.88. The van der Waals surface area contributed by atoms with Gasteiger partial charge in [0.2, 0.25) is 10.0 Å². The molecule has 0 spiro atoms. The SMILES string of the molecule is NS(=O)(=O)c1cc(C(=O)O)cc(N2CCCC2)c1Oc1ccc(Cl)cc1. The van der Waals surface area contributed by atoms with E-state index in [1.807, 2.05) is 4.90 Å². The predicted octanol–water partition coefficient (Wildman–Crippen LogP) is 3.08. The number of sulfonamides is 1. The summed E-state index contributed by atoms with van der Waals surface area (Å²) in [5.41, 5.74) is 0.223. The molecule has 0 saturated carbocycles. The van der Waals surface area contributed by atoms with Crippen LogP contribution >= 0.6 is 11.6 Å². The highest BCUT2D eigenvalue weighted by atomic mass is 35.5. The van der Waals surface area contributed by atoms with Gasteiger partial charge in [-0.2, -0.15) is 0 Å². The Hall–Kier alpha value is -2.29. The third-order valence-corrected chi connectivity index (χ3v) is 5.24. The third kappa shape index (κ3) is 3.92. The number of hydrogen-bond donors (Lipinski definition) is 2. The summed E-state index contributed by atoms with van der Waals surface area (Å²) >= 11 is 5.86. The highest BCUT2D eigenvalue weighted by Crippen LogP contribution is 2.40. The van der Waals surface area contributed by atoms with Crippen molar-refractivity contribution in [3.63, 3.8) is 0 Å². The Labute approximate surface area is 156 Å². The number of rotatable bonds is 5. The van der Waals surface area contributed by atoms with Gasteiger partial charge in [0.25, 0.3) is 0 Å². The Morgan fingerprint density at radius 2 is 1.77 bits per heavy atom. The fraction of sp³-hybridized carbons (Fsp3) is 0.235. The number of hydrogen-bond acceptors (Lipinski definition) is 5. The molecule has 2 aromatic carbocycles. The second-order valence-corrected chi connectivity index (χ2v) is 7.89. The summed E-state index contributed by atoms with van der Waals surface area (Å²) in [7, 11) is -4.21. The molecule has 0 atom stereocenters. The minimum atomic E-state index is -4.21. The summed E-state index contributed by atoms with van der Waals surface area (Å²) in [5, 5.41) is 15.2. The lowest BCUT2D eigenvalue weighted by Gasteiger charge is -2.23. The number of nitrogens with zero attached hydrogens (tertiary/aromatic N) is 1. The van der Waals surface area contributed by atoms with Crippen molar-refractivity contribution in [3.05, 3.63) is 47.0 Å². The van der Waals surface area contributed by atoms with Gasteiger partial charge in [0.15, 0.2) is 5.75 Å². The van der Waals surface area contributed by atoms with Crippen LogP contribution in [0.15, 0.2) is 41.3 Å². The fourth-order valence-corrected chi connectivity index (χ4v) is 3.66. The number of carboxylic acids is 1. The normalized spacial score (nSPS) is 14.5. The van der Waals surface area contributed by atoms with Crippen LogP contribution < -0.4 is 14.8 Å². The number of carboxylic acid groups (broad SMARTS) is 1. The first-order valence-corrected chi connectivity index (χ1v) is 9.80. The zero-order valence-electron chi connectivity index (χ0n) is 13.7. The van der Waals surface area contributed by atoms with Crippen molar-refractivity contribution in [2.24, 2.45) is 5.14 Å². The van der Waals surface area contributed by atoms with Crippen LogP contribution in [-0.4, -0.2) is 32.6 Å². The van der Waals surface area contributed by atoms with Gasteiger partial charge in [-0.05, 0) is 49.2 Å². The fourth-order valence-electron chi connectivity index (χ4n) is 2.84. The molecular formula is C17H17ClN2O5S. The van der Waals surface area contributed by atoms with Gasteiger partial charge >= 0.3 is 5.97 Å². The highest BCUT2D eigenvalue weighted by molar-refractivity contribution is 7.89. The van der Waals surface area contributed by atoms with Crippen molar-refractivity contribution in [2.75, 3.05) is 18.0 Å². The Morgan fingerprint density at radius 3 is 2.31 bits per heavy atom. The van der Waals surface area contributed by atoms with Crippen molar-refractivity contribution in [1.29, 1.82) is 0 Å². The molecule has 2 aromatic rings. The molecule has 7 nitrogen and oxygen atoms in total. The molecule has 1 saturated heterocycles. The number of halogens is 1. The van der Waals surface area contributed by atoms with Crippen molar-refractivity contribution in [2.45, 2.75) is 17.7 Å². The van der Waals surface area contributed by atoms with Gasteiger partial charge in [-0.15, -0.1) is 0 Å². The number of anilines is 1. The van der Waals surface area contributed by atoms with E-state index in [-0.39, 0.29) is 16.2 Å². The molecule has 0 bridgehead atoms. The number of nitrogens with two attached hydrogens (primary N) is 1. The predicted molar refractivity (Wildman–Crippen MR) is 97.7 cm³/mol. The Kier molecular flexibility index (Phi) is 5.08. The quantitative estimate of drug-likeness (QED) is 0.803. The minimum Gasteiger partial charge on any atom is -0.478 e. The van der Waals surface area contributed by atoms with Crippen LogP contribution in [0, 0.1) is 0 Å². The maximum atomic E-state index is 12.1. The number of benzene rings is 2. The smallest absolute Gasteiger partial charge is 0.335 e. The average Bonchev–Trinajstić information content (AvgIpc) is 3.10. The highest BCUT2D eigenvalue weighted by Gasteiger charge is 2.27. The second kappa shape index (κ2) is 7.14. The zero-order valence-corrected chi connectivity index (χ0v) is 15.3. The molecule has 3 rings (SSSR count). The zero-order chi connectivity index (χ0) is 18.9. The van der Waals surface area contributed by atoms with Gasteiger partial charge in [0.1, 0.15) is 10.6 Å². The van der Waals surface area contributed by atoms with E-state index in [2.05, 4.69) is 0 Å². The van der Waals surface area contributed by atoms with Crippen molar-refractivity contribution >= 4 is 33.3 Å². The number of aromatic carboxylic acids is 1. The van der Waals surface area contributed by atoms with E-state index in [0.29, 0.717) is 29.5 Å². The van der Waals surface area contributed by atoms with Gasteiger partial charge in [-0.1, -0.05) is 11.6 Å². The second-order valence-electron chi connectivity index (χ2n) is 5.92. The molecule has 0 amide bonds. The van der Waals surface area contributed by atoms with Gasteiger partial charge in [0.05, 0.1) is 11.3 Å². The van der Waals surface area contributed by atoms with Crippen LogP contribution in [0.5, 0.6) is 11.5 Å². The number of primary sulfonamides is 1. The largest absolute Gasteiger partial charge is 0.478 e. The molecule has 0 radical (unpaired) electrons. The van der Waals surface area contributed by atoms with Crippen LogP contribution in [0.2, 0.25) is 5.02 Å². The summed E-state index contributed by atoms with van der Waals surface area (Å²) in [6, 6.07) is 8.82. The molecule has 1 aliphatic heterocycles. The van der Waals surface area contributed by atoms with E-state index in [9.17, 15) is 18.3 Å². The lowest BCUT2D eigenvalue weighted by molar-refractivity contribution is 0.0696. The molecule has 0 aliphatic carbocycles. The average molecular weight is 397 g/mol. The van der Waals surface area contributed by atoms with Gasteiger partial charge < -0.3 is 14.7 Å². The molecule has 1 heterocycles. The first kappa shape index (κ1) is 18.5. The first-order chi connectivity index (χ1) is 12.3. The van der Waals surface area contributed by atoms with E-state index >= 15 is 0 Å². The van der Waals surface area contributed by atoms with E-state index in [4.69, 9.17) is 21.5 Å². The molecule has 138 valence electrons. The van der Waals surface area contributed by atoms with Crippen LogP contribution in [-0.2, 0) is 10.0 Å². The summed E-state index contributed by atoms with van der Waals surface area (Å²) in [4.78, 5) is 13.0. The van der Waals surface area contributed by atoms with E-state index in [1.165, 1.54) is 6.07 Å². The Morgan fingerprint density at radius 1 is 1.15 bits per heavy atom. The number of carbonyl (C=O) groups is 1. The third-order valence-electron chi connectivity index (χ3n) is 4.07. The van der Waals surface area contributed by atoms with Crippen molar-refractivity contribution < 1.29 is 23.1 Å². The lowest BCUT2D eigenvalue weighted by atomic mass is 10.1. The maximum absolute atomic E-state index is 12.1. The number of ether oxygens (including phenoxy) is 1. The van der Waals surface area contributed by atoms with Crippen LogP contribution in [0.3, 0.4) is 0 Å². The molecule has 26 heavy (non-hydrogen) atoms. The van der Waals surface area contributed by atoms with Crippen molar-refractivity contribution in [1.82, 2.24) is 0 Å². The van der Waals surface area contributed by atoms with Crippen LogP contribution in [0.25, 0.3) is 0 Å². The molecular weight excluding hydrogens is 380 g/mol. The monoisotopic (exact) mass is 396 g/mol. The summed E-state index contributed by atoms with van der Waals surface area (Å²) in [5.74, 6) is -0.863. The Balaban J connectivity index is 2.20. The van der Waals surface area contributed by atoms with E-state index in [0.717, 1.165) is 18.9 Å². The van der Waals surface area contributed by atoms with Crippen molar-refractivity contribution in [3.8, 4) is 11.5 Å². The molecule has 1 fully saturated rings. The molecule has 3 N–H and O–H groups in total. The lowest BCUT2D eigenvalue weighted by Crippen LogP contribution is -2.21. The summed E-state index contributed by atoms with van der Waals surface area (Å²) in [6.45, 7) is 1.34. The van der Waals surface area contributed by atoms with Gasteiger partial charge in [-0.25, -0.2) is 18.4 Å².